The molecule has 4 aromatic heterocycles. The van der Waals surface area contributed by atoms with Gasteiger partial charge in [0.15, 0.2) is 5.65 Å². The molecule has 0 saturated heterocycles. The number of hydrogen-bond acceptors (Lipinski definition) is 5. The third-order valence-corrected chi connectivity index (χ3v) is 4.74. The molecule has 0 aliphatic heterocycles. The lowest BCUT2D eigenvalue weighted by molar-refractivity contribution is -0.117. The third-order valence-electron chi connectivity index (χ3n) is 4.74. The van der Waals surface area contributed by atoms with Gasteiger partial charge < -0.3 is 15.0 Å². The Bertz CT molecular complexity index is 1180. The summed E-state index contributed by atoms with van der Waals surface area (Å²) in [7, 11) is 1.60. The number of methoxy groups -OCH3 is 1. The van der Waals surface area contributed by atoms with Gasteiger partial charge in [-0.25, -0.2) is 9.37 Å². The van der Waals surface area contributed by atoms with Gasteiger partial charge in [-0.3, -0.25) is 9.20 Å². The van der Waals surface area contributed by atoms with Crippen LogP contribution in [0.4, 0.5) is 10.2 Å². The zero-order valence-electron chi connectivity index (χ0n) is 14.3. The van der Waals surface area contributed by atoms with Crippen LogP contribution in [0.1, 0.15) is 6.42 Å². The Labute approximate surface area is 152 Å². The van der Waals surface area contributed by atoms with Gasteiger partial charge in [-0.05, 0) is 18.6 Å². The van der Waals surface area contributed by atoms with Crippen molar-refractivity contribution in [2.75, 3.05) is 12.4 Å². The fraction of sp³-hybridized carbons (Fsp3) is 0.222. The third kappa shape index (κ3) is 2.59. The first-order chi connectivity index (χ1) is 13.1. The van der Waals surface area contributed by atoms with Crippen LogP contribution in [0.3, 0.4) is 0 Å². The quantitative estimate of drug-likeness (QED) is 0.579. The first kappa shape index (κ1) is 15.7. The molecule has 1 aliphatic rings. The number of H-pyrrole nitrogens is 1. The van der Waals surface area contributed by atoms with Crippen molar-refractivity contribution < 1.29 is 13.9 Å². The predicted octanol–water partition coefficient (Wildman–Crippen LogP) is 2.58. The first-order valence-corrected chi connectivity index (χ1v) is 8.45. The normalized spacial score (nSPS) is 18.7. The highest BCUT2D eigenvalue weighted by molar-refractivity contribution is 5.98. The summed E-state index contributed by atoms with van der Waals surface area (Å²) >= 11 is 0. The van der Waals surface area contributed by atoms with E-state index in [1.807, 2.05) is 28.9 Å². The van der Waals surface area contributed by atoms with Gasteiger partial charge >= 0.3 is 0 Å². The Balaban J connectivity index is 1.54. The number of nitrogens with one attached hydrogen (secondary N) is 2. The zero-order valence-corrected chi connectivity index (χ0v) is 14.3. The highest BCUT2D eigenvalue weighted by Crippen LogP contribution is 2.36. The maximum absolute atomic E-state index is 13.0. The van der Waals surface area contributed by atoms with Crippen molar-refractivity contribution in [3.8, 4) is 16.9 Å². The summed E-state index contributed by atoms with van der Waals surface area (Å²) in [5.74, 6) is 0.167. The summed E-state index contributed by atoms with van der Waals surface area (Å²) in [6.45, 7) is 0. The minimum Gasteiger partial charge on any atom is -0.496 e. The second-order valence-electron chi connectivity index (χ2n) is 6.49. The van der Waals surface area contributed by atoms with Crippen molar-refractivity contribution in [1.82, 2.24) is 24.6 Å². The van der Waals surface area contributed by atoms with Crippen LogP contribution in [-0.4, -0.2) is 43.8 Å². The van der Waals surface area contributed by atoms with Gasteiger partial charge in [-0.1, -0.05) is 0 Å². The van der Waals surface area contributed by atoms with Crippen molar-refractivity contribution in [3.05, 3.63) is 36.9 Å². The number of rotatable bonds is 4. The van der Waals surface area contributed by atoms with E-state index in [1.54, 1.807) is 19.5 Å². The molecule has 1 amide bonds. The smallest absolute Gasteiger partial charge is 0.231 e. The fourth-order valence-electron chi connectivity index (χ4n) is 3.17. The monoisotopic (exact) mass is 366 g/mol. The van der Waals surface area contributed by atoms with Crippen LogP contribution in [-0.2, 0) is 4.79 Å². The van der Waals surface area contributed by atoms with Crippen molar-refractivity contribution in [3.63, 3.8) is 0 Å². The van der Waals surface area contributed by atoms with E-state index in [4.69, 9.17) is 4.74 Å². The second kappa shape index (κ2) is 5.76. The van der Waals surface area contributed by atoms with E-state index in [9.17, 15) is 9.18 Å². The summed E-state index contributed by atoms with van der Waals surface area (Å²) in [5, 5.41) is 11.4. The van der Waals surface area contributed by atoms with E-state index >= 15 is 0 Å². The molecule has 0 unspecified atom stereocenters. The number of hydrogen-bond donors (Lipinski definition) is 2. The van der Waals surface area contributed by atoms with Gasteiger partial charge in [-0.2, -0.15) is 0 Å². The standard InChI is InChI=1S/C18H15FN6O2/c1-27-14-5-16-24-21-8-25(16)7-12(14)11-6-20-17-9(11)2-3-15(22-17)23-18(26)10-4-13(10)19/h2-3,5-8,10,13H,4H2,1H3,(H2,20,22,23,26)/t10-,13+/m1/s1. The van der Waals surface area contributed by atoms with Crippen LogP contribution in [0.2, 0.25) is 0 Å². The molecule has 9 heteroatoms. The SMILES string of the molecule is COc1cc2nncn2cc1-c1c[nH]c2nc(NC(=O)[C@@H]3C[C@@H]3F)ccc12. The molecular weight excluding hydrogens is 351 g/mol. The highest BCUT2D eigenvalue weighted by Gasteiger charge is 2.43. The van der Waals surface area contributed by atoms with Crippen LogP contribution in [0.25, 0.3) is 27.8 Å². The summed E-state index contributed by atoms with van der Waals surface area (Å²) in [6, 6.07) is 5.38. The van der Waals surface area contributed by atoms with Gasteiger partial charge in [0.25, 0.3) is 0 Å². The Morgan fingerprint density at radius 3 is 3.04 bits per heavy atom. The minimum absolute atomic E-state index is 0.284. The number of alkyl halides is 1. The molecule has 0 radical (unpaired) electrons. The van der Waals surface area contributed by atoms with Gasteiger partial charge in [0.1, 0.15) is 29.7 Å². The number of fused-ring (bicyclic) bond motifs is 2. The highest BCUT2D eigenvalue weighted by atomic mass is 19.1. The molecule has 2 N–H and O–H groups in total. The number of pyridine rings is 2. The molecular formula is C18H15FN6O2. The lowest BCUT2D eigenvalue weighted by atomic mass is 10.1. The molecule has 4 heterocycles. The van der Waals surface area contributed by atoms with E-state index in [-0.39, 0.29) is 12.3 Å². The van der Waals surface area contributed by atoms with Crippen LogP contribution in [0.15, 0.2) is 36.9 Å². The Kier molecular flexibility index (Phi) is 3.36. The van der Waals surface area contributed by atoms with Crippen LogP contribution in [0, 0.1) is 5.92 Å². The summed E-state index contributed by atoms with van der Waals surface area (Å²) in [6.07, 6.45) is 4.59. The molecule has 1 aliphatic carbocycles. The maximum atomic E-state index is 13.0. The first-order valence-electron chi connectivity index (χ1n) is 8.45. The number of carbonyl (C=O) groups is 1. The molecule has 5 rings (SSSR count). The number of nitrogens with zero attached hydrogens (tertiary/aromatic N) is 4. The fourth-order valence-corrected chi connectivity index (χ4v) is 3.17. The number of amides is 1. The van der Waals surface area contributed by atoms with Crippen molar-refractivity contribution >= 4 is 28.4 Å². The molecule has 0 spiro atoms. The molecule has 0 bridgehead atoms. The minimum atomic E-state index is -1.04. The Morgan fingerprint density at radius 1 is 1.41 bits per heavy atom. The van der Waals surface area contributed by atoms with Crippen LogP contribution >= 0.6 is 0 Å². The number of carbonyl (C=O) groups excluding carboxylic acids is 1. The van der Waals surface area contributed by atoms with E-state index < -0.39 is 12.1 Å². The summed E-state index contributed by atoms with van der Waals surface area (Å²) in [5.41, 5.74) is 3.05. The summed E-state index contributed by atoms with van der Waals surface area (Å²) in [4.78, 5) is 19.4. The average Bonchev–Trinajstić information content (AvgIpc) is 3.07. The lowest BCUT2D eigenvalue weighted by Gasteiger charge is -2.08. The molecule has 4 aromatic rings. The second-order valence-corrected chi connectivity index (χ2v) is 6.49. The predicted molar refractivity (Wildman–Crippen MR) is 96.3 cm³/mol. The molecule has 136 valence electrons. The van der Waals surface area contributed by atoms with Crippen LogP contribution in [0.5, 0.6) is 5.75 Å². The number of anilines is 1. The van der Waals surface area contributed by atoms with Crippen LogP contribution < -0.4 is 10.1 Å². The zero-order chi connectivity index (χ0) is 18.5. The maximum Gasteiger partial charge on any atom is 0.231 e. The van der Waals surface area contributed by atoms with Gasteiger partial charge in [0.05, 0.1) is 13.0 Å². The van der Waals surface area contributed by atoms with E-state index in [2.05, 4.69) is 25.5 Å². The molecule has 8 nitrogen and oxygen atoms in total. The Hall–Kier alpha value is -3.49. The molecule has 0 aromatic carbocycles. The Morgan fingerprint density at radius 2 is 2.26 bits per heavy atom. The van der Waals surface area contributed by atoms with Gasteiger partial charge in [-0.15, -0.1) is 10.2 Å². The molecule has 27 heavy (non-hydrogen) atoms. The molecule has 1 saturated carbocycles. The lowest BCUT2D eigenvalue weighted by Crippen LogP contribution is -2.15. The molecule has 2 atom stereocenters. The topological polar surface area (TPSA) is 97.2 Å². The van der Waals surface area contributed by atoms with E-state index in [0.717, 1.165) is 16.5 Å². The van der Waals surface area contributed by atoms with Gasteiger partial charge in [0, 0.05) is 35.0 Å². The number of halogens is 1. The summed E-state index contributed by atoms with van der Waals surface area (Å²) < 4.78 is 20.3. The van der Waals surface area contributed by atoms with Gasteiger partial charge in [0.2, 0.25) is 5.91 Å². The van der Waals surface area contributed by atoms with Crippen molar-refractivity contribution in [2.24, 2.45) is 5.92 Å². The van der Waals surface area contributed by atoms with Crippen molar-refractivity contribution in [1.29, 1.82) is 0 Å². The number of aromatic amines is 1. The van der Waals surface area contributed by atoms with Crippen molar-refractivity contribution in [2.45, 2.75) is 12.6 Å². The van der Waals surface area contributed by atoms with E-state index in [0.29, 0.717) is 22.9 Å². The average molecular weight is 366 g/mol. The largest absolute Gasteiger partial charge is 0.496 e. The number of aromatic nitrogens is 5. The number of ether oxygens (including phenoxy) is 1. The van der Waals surface area contributed by atoms with E-state index in [1.165, 1.54) is 0 Å². The molecule has 1 fully saturated rings.